The molecule has 2 aromatic heterocycles. The van der Waals surface area contributed by atoms with Gasteiger partial charge in [-0.25, -0.2) is 19.0 Å². The zero-order valence-electron chi connectivity index (χ0n) is 18.1. The Morgan fingerprint density at radius 1 is 1.06 bits per heavy atom. The summed E-state index contributed by atoms with van der Waals surface area (Å²) < 4.78 is 13.1. The third-order valence-corrected chi connectivity index (χ3v) is 4.88. The Morgan fingerprint density at radius 3 is 2.39 bits per heavy atom. The maximum absolute atomic E-state index is 13.1. The Kier molecular flexibility index (Phi) is 7.06. The number of pyridine rings is 1. The number of urea groups is 1. The molecule has 0 saturated heterocycles. The summed E-state index contributed by atoms with van der Waals surface area (Å²) in [7, 11) is 0. The lowest BCUT2D eigenvalue weighted by atomic mass is 10.0. The fraction of sp³-hybridized carbons (Fsp3) is 0.286. The highest BCUT2D eigenvalue weighted by molar-refractivity contribution is 6.03. The average Bonchev–Trinajstić information content (AvgIpc) is 3.13. The fourth-order valence-electron chi connectivity index (χ4n) is 3.12. The van der Waals surface area contributed by atoms with Crippen LogP contribution in [0.5, 0.6) is 0 Å². The molecule has 0 radical (unpaired) electrons. The van der Waals surface area contributed by atoms with Crippen molar-refractivity contribution >= 4 is 40.6 Å². The summed E-state index contributed by atoms with van der Waals surface area (Å²) >= 11 is 0. The van der Waals surface area contributed by atoms with Crippen molar-refractivity contribution in [1.29, 1.82) is 0 Å². The van der Waals surface area contributed by atoms with Crippen LogP contribution >= 0.6 is 0 Å². The van der Waals surface area contributed by atoms with Gasteiger partial charge in [0.15, 0.2) is 5.82 Å². The number of hydrogen-bond acceptors (Lipinski definition) is 5. The van der Waals surface area contributed by atoms with Crippen LogP contribution in [-0.4, -0.2) is 44.4 Å². The van der Waals surface area contributed by atoms with Crippen molar-refractivity contribution in [3.63, 3.8) is 0 Å². The van der Waals surface area contributed by atoms with Crippen molar-refractivity contribution in [1.82, 2.24) is 25.8 Å². The smallest absolute Gasteiger partial charge is 0.405 e. The van der Waals surface area contributed by atoms with Crippen LogP contribution in [0.4, 0.5) is 25.6 Å². The molecule has 0 aliphatic rings. The predicted molar refractivity (Wildman–Crippen MR) is 119 cm³/mol. The zero-order chi connectivity index (χ0) is 24.1. The molecule has 11 nitrogen and oxygen atoms in total. The van der Waals surface area contributed by atoms with Gasteiger partial charge in [-0.05, 0) is 30.5 Å². The van der Waals surface area contributed by atoms with Crippen LogP contribution in [0.25, 0.3) is 10.9 Å². The summed E-state index contributed by atoms with van der Waals surface area (Å²) in [6.07, 6.45) is 0.114. The van der Waals surface area contributed by atoms with Crippen molar-refractivity contribution in [3.8, 4) is 0 Å². The van der Waals surface area contributed by atoms with Gasteiger partial charge in [0.05, 0.1) is 16.9 Å². The summed E-state index contributed by atoms with van der Waals surface area (Å²) in [5.74, 6) is -0.782. The molecule has 33 heavy (non-hydrogen) atoms. The van der Waals surface area contributed by atoms with Crippen LogP contribution in [-0.2, 0) is 4.79 Å². The zero-order valence-corrected chi connectivity index (χ0v) is 18.1. The van der Waals surface area contributed by atoms with Gasteiger partial charge >= 0.3 is 12.1 Å². The first kappa shape index (κ1) is 23.4. The number of nitrogens with zero attached hydrogens (tertiary/aromatic N) is 2. The minimum absolute atomic E-state index is 0.182. The quantitative estimate of drug-likeness (QED) is 0.319. The Morgan fingerprint density at radius 2 is 1.76 bits per heavy atom. The number of nitrogens with one attached hydrogen (secondary N) is 5. The van der Waals surface area contributed by atoms with E-state index in [9.17, 15) is 18.8 Å². The third kappa shape index (κ3) is 5.93. The Labute approximate surface area is 188 Å². The summed E-state index contributed by atoms with van der Waals surface area (Å²) in [4.78, 5) is 39.9. The topological polar surface area (TPSA) is 161 Å². The number of amides is 4. The molecule has 0 saturated carbocycles. The number of carbonyl (C=O) groups excluding carboxylic acids is 2. The van der Waals surface area contributed by atoms with E-state index in [4.69, 9.17) is 5.11 Å². The molecule has 3 aromatic rings. The van der Waals surface area contributed by atoms with E-state index >= 15 is 0 Å². The molecule has 0 fully saturated rings. The summed E-state index contributed by atoms with van der Waals surface area (Å²) in [5, 5.41) is 26.3. The van der Waals surface area contributed by atoms with Crippen molar-refractivity contribution in [3.05, 3.63) is 47.9 Å². The molecule has 3 rings (SSSR count). The molecule has 1 aromatic carbocycles. The molecule has 0 bridgehead atoms. The van der Waals surface area contributed by atoms with Crippen LogP contribution in [0.1, 0.15) is 32.4 Å². The normalized spacial score (nSPS) is 12.8. The van der Waals surface area contributed by atoms with Gasteiger partial charge in [-0.2, -0.15) is 5.10 Å². The van der Waals surface area contributed by atoms with E-state index in [0.29, 0.717) is 10.9 Å². The van der Waals surface area contributed by atoms with Gasteiger partial charge in [-0.15, -0.1) is 0 Å². The van der Waals surface area contributed by atoms with Crippen LogP contribution in [0.3, 0.4) is 0 Å². The number of aromatic nitrogens is 3. The molecule has 2 heterocycles. The first-order valence-electron chi connectivity index (χ1n) is 10.1. The molecule has 6 N–H and O–H groups in total. The van der Waals surface area contributed by atoms with E-state index in [1.54, 1.807) is 32.9 Å². The predicted octanol–water partition coefficient (Wildman–Crippen LogP) is 3.21. The molecule has 4 amide bonds. The molecule has 0 aliphatic carbocycles. The second-order valence-electron chi connectivity index (χ2n) is 7.72. The van der Waals surface area contributed by atoms with Gasteiger partial charge in [0.1, 0.15) is 17.7 Å². The number of rotatable bonds is 7. The van der Waals surface area contributed by atoms with Crippen molar-refractivity contribution in [2.24, 2.45) is 5.92 Å². The first-order valence-corrected chi connectivity index (χ1v) is 10.1. The van der Waals surface area contributed by atoms with Crippen molar-refractivity contribution in [2.45, 2.75) is 32.9 Å². The maximum atomic E-state index is 13.1. The first-order chi connectivity index (χ1) is 15.6. The second-order valence-corrected chi connectivity index (χ2v) is 7.72. The minimum Gasteiger partial charge on any atom is -0.465 e. The van der Waals surface area contributed by atoms with Crippen LogP contribution in [0.2, 0.25) is 0 Å². The number of carbonyl (C=O) groups is 3. The van der Waals surface area contributed by atoms with Crippen LogP contribution in [0.15, 0.2) is 36.5 Å². The summed E-state index contributed by atoms with van der Waals surface area (Å²) in [6, 6.07) is 5.50. The Bertz CT molecular complexity index is 1160. The maximum Gasteiger partial charge on any atom is 0.405 e. The van der Waals surface area contributed by atoms with Crippen LogP contribution < -0.4 is 21.3 Å². The molecule has 0 spiro atoms. The SMILES string of the molecule is CC(C)[C@H](NC(=O)O)C(=O)Nc1n[nH]c2cc(NC(=O)N[C@H](C)c3ccc(F)cc3)ncc12. The Hall–Kier alpha value is -4.22. The van der Waals surface area contributed by atoms with Crippen molar-refractivity contribution in [2.75, 3.05) is 10.6 Å². The number of halogens is 1. The highest BCUT2D eigenvalue weighted by Gasteiger charge is 2.25. The number of anilines is 2. The van der Waals surface area contributed by atoms with Gasteiger partial charge in [-0.3, -0.25) is 15.2 Å². The highest BCUT2D eigenvalue weighted by Crippen LogP contribution is 2.22. The molecular weight excluding hydrogens is 433 g/mol. The molecule has 2 atom stereocenters. The van der Waals surface area contributed by atoms with Gasteiger partial charge in [0, 0.05) is 12.3 Å². The molecule has 0 aliphatic heterocycles. The van der Waals surface area contributed by atoms with Gasteiger partial charge in [0.25, 0.3) is 0 Å². The van der Waals surface area contributed by atoms with Gasteiger partial charge in [0.2, 0.25) is 5.91 Å². The average molecular weight is 457 g/mol. The largest absolute Gasteiger partial charge is 0.465 e. The van der Waals surface area contributed by atoms with E-state index in [1.165, 1.54) is 24.4 Å². The Balaban J connectivity index is 1.66. The number of carboxylic acid groups (broad SMARTS) is 1. The number of fused-ring (bicyclic) bond motifs is 1. The number of benzene rings is 1. The lowest BCUT2D eigenvalue weighted by molar-refractivity contribution is -0.119. The van der Waals surface area contributed by atoms with Gasteiger partial charge < -0.3 is 21.1 Å². The summed E-state index contributed by atoms with van der Waals surface area (Å²) in [6.45, 7) is 5.19. The molecule has 174 valence electrons. The molecular formula is C21H24FN7O4. The number of hydrogen-bond donors (Lipinski definition) is 6. The highest BCUT2D eigenvalue weighted by atomic mass is 19.1. The third-order valence-electron chi connectivity index (χ3n) is 4.88. The molecule has 12 heteroatoms. The second kappa shape index (κ2) is 9.94. The monoisotopic (exact) mass is 457 g/mol. The standard InChI is InChI=1S/C21H24FN7O4/c1-10(2)17(26-21(32)33)19(30)27-18-14-9-23-16(8-15(14)28-29-18)25-20(31)24-11(3)12-4-6-13(22)7-5-12/h4-11,17,26H,1-3H3,(H,32,33)(H2,23,24,25,31)(H2,27,28,29,30)/t11-,17+/m1/s1. The van der Waals surface area contributed by atoms with Crippen LogP contribution in [0, 0.1) is 11.7 Å². The van der Waals surface area contributed by atoms with E-state index < -0.39 is 24.1 Å². The number of aromatic amines is 1. The number of H-pyrrole nitrogens is 1. The van der Waals surface area contributed by atoms with E-state index in [2.05, 4.69) is 36.4 Å². The van der Waals surface area contributed by atoms with E-state index in [-0.39, 0.29) is 29.4 Å². The lowest BCUT2D eigenvalue weighted by Crippen LogP contribution is -2.46. The van der Waals surface area contributed by atoms with E-state index in [1.807, 2.05) is 0 Å². The molecule has 0 unspecified atom stereocenters. The van der Waals surface area contributed by atoms with E-state index in [0.717, 1.165) is 5.56 Å². The lowest BCUT2D eigenvalue weighted by Gasteiger charge is -2.19. The fourth-order valence-corrected chi connectivity index (χ4v) is 3.12. The van der Waals surface area contributed by atoms with Crippen molar-refractivity contribution < 1.29 is 23.9 Å². The summed E-state index contributed by atoms with van der Waals surface area (Å²) in [5.41, 5.74) is 1.23. The minimum atomic E-state index is -1.31. The van der Waals surface area contributed by atoms with Gasteiger partial charge in [-0.1, -0.05) is 26.0 Å².